The molecule has 108 valence electrons. The second-order valence-electron chi connectivity index (χ2n) is 6.36. The maximum absolute atomic E-state index is 5.74. The van der Waals surface area contributed by atoms with Gasteiger partial charge < -0.3 is 10.1 Å². The fraction of sp³-hybridized carbons (Fsp3) is 0.875. The first-order chi connectivity index (χ1) is 8.28. The molecule has 2 atom stereocenters. The molecule has 0 fully saturated rings. The Morgan fingerprint density at radius 3 is 2.22 bits per heavy atom. The first-order valence-electron chi connectivity index (χ1n) is 7.43. The van der Waals surface area contributed by atoms with E-state index in [4.69, 9.17) is 4.74 Å². The highest BCUT2D eigenvalue weighted by molar-refractivity contribution is 4.87. The van der Waals surface area contributed by atoms with Crippen molar-refractivity contribution in [2.75, 3.05) is 0 Å². The van der Waals surface area contributed by atoms with Crippen molar-refractivity contribution in [3.05, 3.63) is 12.5 Å². The predicted molar refractivity (Wildman–Crippen MR) is 80.5 cm³/mol. The van der Waals surface area contributed by atoms with Gasteiger partial charge in [0.05, 0.1) is 0 Å². The van der Waals surface area contributed by atoms with E-state index in [-0.39, 0.29) is 5.60 Å². The van der Waals surface area contributed by atoms with Gasteiger partial charge in [0.25, 0.3) is 0 Å². The zero-order valence-electron chi connectivity index (χ0n) is 13.3. The molecule has 0 saturated heterocycles. The van der Waals surface area contributed by atoms with Crippen molar-refractivity contribution < 1.29 is 4.74 Å². The van der Waals surface area contributed by atoms with Gasteiger partial charge in [-0.1, -0.05) is 33.6 Å². The number of ether oxygens (including phenoxy) is 1. The fourth-order valence-electron chi connectivity index (χ4n) is 1.95. The Bertz CT molecular complexity index is 230. The topological polar surface area (TPSA) is 21.3 Å². The summed E-state index contributed by atoms with van der Waals surface area (Å²) in [6, 6.07) is 0.499. The molecule has 0 amide bonds. The van der Waals surface area contributed by atoms with Crippen molar-refractivity contribution in [1.29, 1.82) is 0 Å². The monoisotopic (exact) mass is 255 g/mol. The lowest BCUT2D eigenvalue weighted by atomic mass is 9.97. The maximum atomic E-state index is 5.74. The van der Waals surface area contributed by atoms with E-state index in [2.05, 4.69) is 32.7 Å². The SMILES string of the molecule is C=C(NC(CCC)CCC(C)CC)OC(C)(C)C. The van der Waals surface area contributed by atoms with E-state index < -0.39 is 0 Å². The van der Waals surface area contributed by atoms with E-state index in [9.17, 15) is 0 Å². The van der Waals surface area contributed by atoms with E-state index in [0.717, 1.165) is 5.92 Å². The Morgan fingerprint density at radius 1 is 1.17 bits per heavy atom. The molecule has 0 aliphatic rings. The summed E-state index contributed by atoms with van der Waals surface area (Å²) in [7, 11) is 0. The summed E-state index contributed by atoms with van der Waals surface area (Å²) in [6.07, 6.45) is 6.12. The minimum absolute atomic E-state index is 0.169. The highest BCUT2D eigenvalue weighted by Gasteiger charge is 2.15. The van der Waals surface area contributed by atoms with Crippen molar-refractivity contribution >= 4 is 0 Å². The van der Waals surface area contributed by atoms with Crippen LogP contribution in [0, 0.1) is 5.92 Å². The summed E-state index contributed by atoms with van der Waals surface area (Å²) in [5.41, 5.74) is -0.169. The number of hydrogen-bond acceptors (Lipinski definition) is 2. The van der Waals surface area contributed by atoms with Crippen LogP contribution in [0.3, 0.4) is 0 Å². The lowest BCUT2D eigenvalue weighted by Gasteiger charge is -2.27. The molecule has 2 heteroatoms. The molecule has 0 aromatic carbocycles. The van der Waals surface area contributed by atoms with Gasteiger partial charge >= 0.3 is 0 Å². The average Bonchev–Trinajstić information content (AvgIpc) is 2.23. The van der Waals surface area contributed by atoms with Crippen LogP contribution in [-0.2, 0) is 4.74 Å². The molecular formula is C16H33NO. The first kappa shape index (κ1) is 17.3. The van der Waals surface area contributed by atoms with E-state index in [1.165, 1.54) is 32.1 Å². The number of hydrogen-bond donors (Lipinski definition) is 1. The van der Waals surface area contributed by atoms with Crippen molar-refractivity contribution in [3.63, 3.8) is 0 Å². The number of rotatable bonds is 9. The molecule has 18 heavy (non-hydrogen) atoms. The molecule has 0 heterocycles. The van der Waals surface area contributed by atoms with Gasteiger partial charge in [0, 0.05) is 6.04 Å². The molecule has 1 N–H and O–H groups in total. The molecule has 0 bridgehead atoms. The van der Waals surface area contributed by atoms with E-state index >= 15 is 0 Å². The summed E-state index contributed by atoms with van der Waals surface area (Å²) in [4.78, 5) is 0. The smallest absolute Gasteiger partial charge is 0.180 e. The molecule has 2 unspecified atom stereocenters. The zero-order valence-corrected chi connectivity index (χ0v) is 13.3. The molecule has 0 aromatic rings. The van der Waals surface area contributed by atoms with E-state index in [1.807, 2.05) is 20.8 Å². The summed E-state index contributed by atoms with van der Waals surface area (Å²) < 4.78 is 5.74. The van der Waals surface area contributed by atoms with Gasteiger partial charge in [0.1, 0.15) is 5.60 Å². The minimum atomic E-state index is -0.169. The summed E-state index contributed by atoms with van der Waals surface area (Å²) in [5.74, 6) is 1.52. The van der Waals surface area contributed by atoms with Gasteiger partial charge in [-0.25, -0.2) is 0 Å². The van der Waals surface area contributed by atoms with Crippen LogP contribution in [0.4, 0.5) is 0 Å². The predicted octanol–water partition coefficient (Wildman–Crippen LogP) is 4.86. The van der Waals surface area contributed by atoms with Gasteiger partial charge in [-0.15, -0.1) is 0 Å². The van der Waals surface area contributed by atoms with Crippen LogP contribution in [0.1, 0.15) is 73.6 Å². The third-order valence-corrected chi connectivity index (χ3v) is 3.14. The van der Waals surface area contributed by atoms with Crippen LogP contribution in [0.25, 0.3) is 0 Å². The summed E-state index contributed by atoms with van der Waals surface area (Å²) in [5, 5.41) is 3.44. The molecule has 0 aromatic heterocycles. The second kappa shape index (κ2) is 8.44. The maximum Gasteiger partial charge on any atom is 0.180 e. The van der Waals surface area contributed by atoms with Crippen molar-refractivity contribution in [1.82, 2.24) is 5.32 Å². The Kier molecular flexibility index (Phi) is 8.13. The quantitative estimate of drug-likeness (QED) is 0.594. The van der Waals surface area contributed by atoms with Gasteiger partial charge in [-0.2, -0.15) is 0 Å². The average molecular weight is 255 g/mol. The van der Waals surface area contributed by atoms with E-state index in [0.29, 0.717) is 11.9 Å². The third-order valence-electron chi connectivity index (χ3n) is 3.14. The Balaban J connectivity index is 4.13. The van der Waals surface area contributed by atoms with Crippen LogP contribution in [0.15, 0.2) is 12.5 Å². The summed E-state index contributed by atoms with van der Waals surface area (Å²) in [6.45, 7) is 16.9. The summed E-state index contributed by atoms with van der Waals surface area (Å²) >= 11 is 0. The van der Waals surface area contributed by atoms with Crippen LogP contribution >= 0.6 is 0 Å². The molecule has 0 radical (unpaired) electrons. The first-order valence-corrected chi connectivity index (χ1v) is 7.43. The molecule has 0 saturated carbocycles. The lowest BCUT2D eigenvalue weighted by molar-refractivity contribution is 0.0375. The second-order valence-corrected chi connectivity index (χ2v) is 6.36. The molecule has 0 spiro atoms. The minimum Gasteiger partial charge on any atom is -0.474 e. The van der Waals surface area contributed by atoms with Gasteiger partial charge in [-0.05, 0) is 52.5 Å². The van der Waals surface area contributed by atoms with Crippen molar-refractivity contribution in [2.24, 2.45) is 5.92 Å². The normalized spacial score (nSPS) is 15.0. The van der Waals surface area contributed by atoms with Crippen molar-refractivity contribution in [2.45, 2.75) is 85.3 Å². The molecule has 2 nitrogen and oxygen atoms in total. The van der Waals surface area contributed by atoms with Gasteiger partial charge in [-0.3, -0.25) is 0 Å². The van der Waals surface area contributed by atoms with E-state index in [1.54, 1.807) is 0 Å². The standard InChI is InChI=1S/C16H33NO/c1-8-10-15(12-11-13(3)9-2)17-14(4)18-16(5,6)7/h13,15,17H,4,8-12H2,1-3,5-7H3. The van der Waals surface area contributed by atoms with Gasteiger partial charge in [0.2, 0.25) is 0 Å². The Labute approximate surface area is 114 Å². The molecule has 0 rings (SSSR count). The van der Waals surface area contributed by atoms with Crippen LogP contribution < -0.4 is 5.32 Å². The van der Waals surface area contributed by atoms with Gasteiger partial charge in [0.15, 0.2) is 5.88 Å². The number of nitrogens with one attached hydrogen (secondary N) is 1. The zero-order chi connectivity index (χ0) is 14.2. The molecule has 0 aliphatic heterocycles. The fourth-order valence-corrected chi connectivity index (χ4v) is 1.95. The largest absolute Gasteiger partial charge is 0.474 e. The lowest BCUT2D eigenvalue weighted by Crippen LogP contribution is -2.33. The van der Waals surface area contributed by atoms with Crippen LogP contribution in [0.2, 0.25) is 0 Å². The van der Waals surface area contributed by atoms with Crippen molar-refractivity contribution in [3.8, 4) is 0 Å². The molecular weight excluding hydrogens is 222 g/mol. The molecule has 0 aliphatic carbocycles. The highest BCUT2D eigenvalue weighted by atomic mass is 16.5. The third kappa shape index (κ3) is 9.38. The van der Waals surface area contributed by atoms with Crippen LogP contribution in [0.5, 0.6) is 0 Å². The Morgan fingerprint density at radius 2 is 1.78 bits per heavy atom. The highest BCUT2D eigenvalue weighted by Crippen LogP contribution is 2.16. The van der Waals surface area contributed by atoms with Crippen LogP contribution in [-0.4, -0.2) is 11.6 Å². The Hall–Kier alpha value is -0.660.